The zero-order valence-corrected chi connectivity index (χ0v) is 9.72. The standard InChI is InChI=1S/C14H16N2/c1-16(2)11-12-5-3-6-13(9-12)14-7-4-8-15-10-14/h3-10H,11H2,1-2H3. The minimum absolute atomic E-state index is 0.966. The largest absolute Gasteiger partial charge is 0.305 e. The third kappa shape index (κ3) is 2.67. The molecule has 1 heterocycles. The highest BCUT2D eigenvalue weighted by atomic mass is 15.0. The summed E-state index contributed by atoms with van der Waals surface area (Å²) >= 11 is 0. The van der Waals surface area contributed by atoms with Crippen LogP contribution in [-0.4, -0.2) is 24.0 Å². The van der Waals surface area contributed by atoms with Crippen LogP contribution in [0.5, 0.6) is 0 Å². The van der Waals surface area contributed by atoms with E-state index >= 15 is 0 Å². The Kier molecular flexibility index (Phi) is 3.32. The second-order valence-corrected chi connectivity index (χ2v) is 4.18. The van der Waals surface area contributed by atoms with Crippen molar-refractivity contribution in [2.45, 2.75) is 6.54 Å². The van der Waals surface area contributed by atoms with Crippen molar-refractivity contribution in [2.24, 2.45) is 0 Å². The number of nitrogens with zero attached hydrogens (tertiary/aromatic N) is 2. The lowest BCUT2D eigenvalue weighted by Crippen LogP contribution is -2.10. The maximum absolute atomic E-state index is 4.14. The van der Waals surface area contributed by atoms with Gasteiger partial charge in [-0.2, -0.15) is 0 Å². The maximum atomic E-state index is 4.14. The highest BCUT2D eigenvalue weighted by molar-refractivity contribution is 5.62. The Morgan fingerprint density at radius 2 is 1.88 bits per heavy atom. The predicted octanol–water partition coefficient (Wildman–Crippen LogP) is 2.81. The average Bonchev–Trinajstić information content (AvgIpc) is 2.30. The Hall–Kier alpha value is -1.67. The lowest BCUT2D eigenvalue weighted by molar-refractivity contribution is 0.402. The number of pyridine rings is 1. The molecule has 0 unspecified atom stereocenters. The van der Waals surface area contributed by atoms with Crippen molar-refractivity contribution in [3.05, 3.63) is 54.4 Å². The summed E-state index contributed by atoms with van der Waals surface area (Å²) < 4.78 is 0. The van der Waals surface area contributed by atoms with Gasteiger partial charge in [0, 0.05) is 18.9 Å². The van der Waals surface area contributed by atoms with Gasteiger partial charge in [0.15, 0.2) is 0 Å². The van der Waals surface area contributed by atoms with Crippen molar-refractivity contribution in [3.8, 4) is 11.1 Å². The Labute approximate surface area is 96.6 Å². The molecule has 0 saturated heterocycles. The minimum atomic E-state index is 0.966. The van der Waals surface area contributed by atoms with Crippen molar-refractivity contribution in [2.75, 3.05) is 14.1 Å². The van der Waals surface area contributed by atoms with Crippen molar-refractivity contribution in [1.82, 2.24) is 9.88 Å². The van der Waals surface area contributed by atoms with E-state index in [2.05, 4.69) is 54.3 Å². The molecule has 0 amide bonds. The molecule has 0 atom stereocenters. The van der Waals surface area contributed by atoms with E-state index in [9.17, 15) is 0 Å². The summed E-state index contributed by atoms with van der Waals surface area (Å²) in [5.41, 5.74) is 3.72. The molecule has 2 aromatic rings. The van der Waals surface area contributed by atoms with Crippen molar-refractivity contribution >= 4 is 0 Å². The van der Waals surface area contributed by atoms with Crippen LogP contribution in [0.4, 0.5) is 0 Å². The van der Waals surface area contributed by atoms with Gasteiger partial charge in [0.1, 0.15) is 0 Å². The second-order valence-electron chi connectivity index (χ2n) is 4.18. The van der Waals surface area contributed by atoms with E-state index in [1.807, 2.05) is 12.3 Å². The summed E-state index contributed by atoms with van der Waals surface area (Å²) in [4.78, 5) is 6.31. The van der Waals surface area contributed by atoms with E-state index in [-0.39, 0.29) is 0 Å². The molecule has 2 rings (SSSR count). The Morgan fingerprint density at radius 1 is 1.06 bits per heavy atom. The quantitative estimate of drug-likeness (QED) is 0.777. The smallest absolute Gasteiger partial charge is 0.0346 e. The summed E-state index contributed by atoms with van der Waals surface area (Å²) in [6.07, 6.45) is 3.70. The molecule has 2 nitrogen and oxygen atoms in total. The van der Waals surface area contributed by atoms with Gasteiger partial charge in [0.2, 0.25) is 0 Å². The first-order chi connectivity index (χ1) is 7.75. The van der Waals surface area contributed by atoms with Gasteiger partial charge < -0.3 is 4.90 Å². The van der Waals surface area contributed by atoms with Crippen LogP contribution in [0.3, 0.4) is 0 Å². The minimum Gasteiger partial charge on any atom is -0.305 e. The molecule has 0 N–H and O–H groups in total. The molecule has 0 spiro atoms. The Morgan fingerprint density at radius 3 is 2.56 bits per heavy atom. The fourth-order valence-electron chi connectivity index (χ4n) is 1.75. The molecular weight excluding hydrogens is 196 g/mol. The van der Waals surface area contributed by atoms with Gasteiger partial charge in [-0.3, -0.25) is 4.98 Å². The van der Waals surface area contributed by atoms with E-state index in [0.29, 0.717) is 0 Å². The highest BCUT2D eigenvalue weighted by Crippen LogP contribution is 2.19. The fraction of sp³-hybridized carbons (Fsp3) is 0.214. The number of benzene rings is 1. The van der Waals surface area contributed by atoms with Gasteiger partial charge in [-0.05, 0) is 42.9 Å². The molecule has 1 aromatic carbocycles. The van der Waals surface area contributed by atoms with E-state index in [4.69, 9.17) is 0 Å². The van der Waals surface area contributed by atoms with Gasteiger partial charge in [0.05, 0.1) is 0 Å². The van der Waals surface area contributed by atoms with Crippen LogP contribution >= 0.6 is 0 Å². The van der Waals surface area contributed by atoms with Crippen molar-refractivity contribution < 1.29 is 0 Å². The Bertz CT molecular complexity index is 449. The number of rotatable bonds is 3. The van der Waals surface area contributed by atoms with Crippen LogP contribution in [0.25, 0.3) is 11.1 Å². The van der Waals surface area contributed by atoms with Crippen molar-refractivity contribution in [1.29, 1.82) is 0 Å². The number of hydrogen-bond donors (Lipinski definition) is 0. The summed E-state index contributed by atoms with van der Waals surface area (Å²) in [6.45, 7) is 0.966. The van der Waals surface area contributed by atoms with E-state index in [1.54, 1.807) is 6.20 Å². The van der Waals surface area contributed by atoms with Gasteiger partial charge >= 0.3 is 0 Å². The molecule has 0 bridgehead atoms. The van der Waals surface area contributed by atoms with Crippen LogP contribution in [0.2, 0.25) is 0 Å². The highest BCUT2D eigenvalue weighted by Gasteiger charge is 1.99. The van der Waals surface area contributed by atoms with Gasteiger partial charge in [-0.1, -0.05) is 24.3 Å². The first-order valence-electron chi connectivity index (χ1n) is 5.40. The van der Waals surface area contributed by atoms with E-state index in [0.717, 1.165) is 6.54 Å². The molecule has 16 heavy (non-hydrogen) atoms. The summed E-state index contributed by atoms with van der Waals surface area (Å²) in [5.74, 6) is 0. The molecule has 0 aliphatic rings. The first kappa shape index (κ1) is 10.8. The maximum Gasteiger partial charge on any atom is 0.0346 e. The van der Waals surface area contributed by atoms with Gasteiger partial charge in [-0.25, -0.2) is 0 Å². The SMILES string of the molecule is CN(C)Cc1cccc(-c2cccnc2)c1. The first-order valence-corrected chi connectivity index (χ1v) is 5.40. The molecule has 0 aliphatic heterocycles. The van der Waals surface area contributed by atoms with Crippen LogP contribution in [0, 0.1) is 0 Å². The van der Waals surface area contributed by atoms with Gasteiger partial charge in [-0.15, -0.1) is 0 Å². The predicted molar refractivity (Wildman–Crippen MR) is 67.1 cm³/mol. The topological polar surface area (TPSA) is 16.1 Å². The number of hydrogen-bond acceptors (Lipinski definition) is 2. The second kappa shape index (κ2) is 4.90. The molecule has 0 fully saturated rings. The monoisotopic (exact) mass is 212 g/mol. The Balaban J connectivity index is 2.29. The molecule has 1 aromatic heterocycles. The molecule has 0 radical (unpaired) electrons. The molecule has 0 aliphatic carbocycles. The third-order valence-corrected chi connectivity index (χ3v) is 2.42. The summed E-state index contributed by atoms with van der Waals surface area (Å²) in [7, 11) is 4.16. The van der Waals surface area contributed by atoms with Crippen molar-refractivity contribution in [3.63, 3.8) is 0 Å². The van der Waals surface area contributed by atoms with Gasteiger partial charge in [0.25, 0.3) is 0 Å². The molecule has 0 saturated carbocycles. The zero-order valence-electron chi connectivity index (χ0n) is 9.72. The number of aromatic nitrogens is 1. The molecule has 2 heteroatoms. The summed E-state index contributed by atoms with van der Waals surface area (Å²) in [5, 5.41) is 0. The van der Waals surface area contributed by atoms with Crippen LogP contribution in [-0.2, 0) is 6.54 Å². The van der Waals surface area contributed by atoms with E-state index in [1.165, 1.54) is 16.7 Å². The van der Waals surface area contributed by atoms with Crippen LogP contribution in [0.15, 0.2) is 48.8 Å². The normalized spacial score (nSPS) is 10.7. The third-order valence-electron chi connectivity index (χ3n) is 2.42. The van der Waals surface area contributed by atoms with Crippen LogP contribution in [0.1, 0.15) is 5.56 Å². The molecular formula is C14H16N2. The molecule has 82 valence electrons. The van der Waals surface area contributed by atoms with E-state index < -0.39 is 0 Å². The lowest BCUT2D eigenvalue weighted by atomic mass is 10.0. The lowest BCUT2D eigenvalue weighted by Gasteiger charge is -2.10. The zero-order chi connectivity index (χ0) is 11.4. The fourth-order valence-corrected chi connectivity index (χ4v) is 1.75. The summed E-state index contributed by atoms with van der Waals surface area (Å²) in [6, 6.07) is 12.6. The van der Waals surface area contributed by atoms with Crippen LogP contribution < -0.4 is 0 Å². The average molecular weight is 212 g/mol.